The van der Waals surface area contributed by atoms with Crippen molar-refractivity contribution in [2.24, 2.45) is 0 Å². The first-order valence-electron chi connectivity index (χ1n) is 4.20. The standard InChI is InChI=1S/C8H11N3O4/c1-4-5(2-9-11-4)7(13)10-6(3-12)8(14)15/h2,6,12H,3H2,1H3,(H,9,11)(H,10,13)(H,14,15)/t6-/m1/s1. The van der Waals surface area contributed by atoms with E-state index in [0.717, 1.165) is 0 Å². The minimum atomic E-state index is -1.30. The third-order valence-electron chi connectivity index (χ3n) is 1.86. The maximum atomic E-state index is 11.5. The molecule has 1 rings (SSSR count). The minimum Gasteiger partial charge on any atom is -0.480 e. The van der Waals surface area contributed by atoms with Crippen LogP contribution in [0.5, 0.6) is 0 Å². The van der Waals surface area contributed by atoms with Crippen LogP contribution in [0.3, 0.4) is 0 Å². The number of carbonyl (C=O) groups excluding carboxylic acids is 1. The molecule has 0 saturated carbocycles. The van der Waals surface area contributed by atoms with Gasteiger partial charge in [0.15, 0.2) is 6.04 Å². The molecule has 1 aromatic heterocycles. The molecule has 7 nitrogen and oxygen atoms in total. The molecule has 0 aliphatic rings. The summed E-state index contributed by atoms with van der Waals surface area (Å²) in [7, 11) is 0. The monoisotopic (exact) mass is 213 g/mol. The number of aliphatic hydroxyl groups is 1. The average molecular weight is 213 g/mol. The predicted octanol–water partition coefficient (Wildman–Crippen LogP) is -1.11. The molecule has 0 aliphatic heterocycles. The summed E-state index contributed by atoms with van der Waals surface area (Å²) in [5.41, 5.74) is 0.796. The Balaban J connectivity index is 2.71. The number of carbonyl (C=O) groups is 2. The molecule has 0 saturated heterocycles. The van der Waals surface area contributed by atoms with Gasteiger partial charge in [-0.05, 0) is 6.92 Å². The quantitative estimate of drug-likeness (QED) is 0.506. The highest BCUT2D eigenvalue weighted by atomic mass is 16.4. The van der Waals surface area contributed by atoms with Crippen LogP contribution in [0.4, 0.5) is 0 Å². The summed E-state index contributed by atoms with van der Waals surface area (Å²) in [4.78, 5) is 22.0. The largest absolute Gasteiger partial charge is 0.480 e. The van der Waals surface area contributed by atoms with Crippen LogP contribution in [0, 0.1) is 6.92 Å². The fourth-order valence-electron chi connectivity index (χ4n) is 1.00. The van der Waals surface area contributed by atoms with Crippen LogP contribution in [0.1, 0.15) is 16.1 Å². The molecule has 0 unspecified atom stereocenters. The number of carboxylic acid groups (broad SMARTS) is 1. The van der Waals surface area contributed by atoms with Crippen molar-refractivity contribution >= 4 is 11.9 Å². The van der Waals surface area contributed by atoms with Crippen LogP contribution in [-0.2, 0) is 4.79 Å². The third kappa shape index (κ3) is 2.53. The number of nitrogens with one attached hydrogen (secondary N) is 2. The number of aliphatic hydroxyl groups excluding tert-OH is 1. The van der Waals surface area contributed by atoms with Crippen LogP contribution in [-0.4, -0.2) is 44.9 Å². The van der Waals surface area contributed by atoms with Crippen molar-refractivity contribution in [1.82, 2.24) is 15.5 Å². The van der Waals surface area contributed by atoms with Gasteiger partial charge in [-0.25, -0.2) is 4.79 Å². The Bertz CT molecular complexity index is 374. The van der Waals surface area contributed by atoms with Gasteiger partial charge < -0.3 is 15.5 Å². The Labute approximate surface area is 85.1 Å². The van der Waals surface area contributed by atoms with Gasteiger partial charge in [0.05, 0.1) is 18.4 Å². The van der Waals surface area contributed by atoms with Crippen LogP contribution >= 0.6 is 0 Å². The number of aryl methyl sites for hydroxylation is 1. The van der Waals surface area contributed by atoms with Crippen molar-refractivity contribution in [1.29, 1.82) is 0 Å². The normalized spacial score (nSPS) is 12.1. The van der Waals surface area contributed by atoms with Crippen molar-refractivity contribution in [3.8, 4) is 0 Å². The van der Waals surface area contributed by atoms with Gasteiger partial charge in [0.25, 0.3) is 5.91 Å². The van der Waals surface area contributed by atoms with Gasteiger partial charge in [-0.3, -0.25) is 9.89 Å². The topological polar surface area (TPSA) is 115 Å². The zero-order valence-corrected chi connectivity index (χ0v) is 8.02. The molecule has 1 amide bonds. The summed E-state index contributed by atoms with van der Waals surface area (Å²) in [5, 5.41) is 25.6. The lowest BCUT2D eigenvalue weighted by Crippen LogP contribution is -2.43. The highest BCUT2D eigenvalue weighted by Gasteiger charge is 2.20. The molecular weight excluding hydrogens is 202 g/mol. The summed E-state index contributed by atoms with van der Waals surface area (Å²) in [6.45, 7) is 0.981. The van der Waals surface area contributed by atoms with Crippen LogP contribution in [0.15, 0.2) is 6.20 Å². The smallest absolute Gasteiger partial charge is 0.328 e. The van der Waals surface area contributed by atoms with Crippen molar-refractivity contribution < 1.29 is 19.8 Å². The summed E-state index contributed by atoms with van der Waals surface area (Å²) < 4.78 is 0. The Morgan fingerprint density at radius 1 is 1.67 bits per heavy atom. The lowest BCUT2D eigenvalue weighted by molar-refractivity contribution is -0.140. The average Bonchev–Trinajstić information content (AvgIpc) is 2.60. The van der Waals surface area contributed by atoms with Crippen LogP contribution < -0.4 is 5.32 Å². The molecule has 0 fully saturated rings. The summed E-state index contributed by atoms with van der Waals surface area (Å²) in [6, 6.07) is -1.30. The fraction of sp³-hybridized carbons (Fsp3) is 0.375. The number of rotatable bonds is 4. The van der Waals surface area contributed by atoms with Crippen LogP contribution in [0.25, 0.3) is 0 Å². The van der Waals surface area contributed by atoms with E-state index in [4.69, 9.17) is 10.2 Å². The van der Waals surface area contributed by atoms with Gasteiger partial charge in [-0.15, -0.1) is 0 Å². The van der Waals surface area contributed by atoms with E-state index in [1.165, 1.54) is 6.20 Å². The second kappa shape index (κ2) is 4.56. The van der Waals surface area contributed by atoms with E-state index >= 15 is 0 Å². The number of H-pyrrole nitrogens is 1. The molecule has 0 spiro atoms. The van der Waals surface area contributed by atoms with E-state index in [-0.39, 0.29) is 5.56 Å². The molecule has 82 valence electrons. The van der Waals surface area contributed by atoms with E-state index in [2.05, 4.69) is 15.5 Å². The van der Waals surface area contributed by atoms with E-state index in [0.29, 0.717) is 5.69 Å². The fourth-order valence-corrected chi connectivity index (χ4v) is 1.00. The molecule has 0 aliphatic carbocycles. The Morgan fingerprint density at radius 2 is 2.33 bits per heavy atom. The first-order chi connectivity index (χ1) is 7.06. The predicted molar refractivity (Wildman–Crippen MR) is 49.3 cm³/mol. The molecule has 4 N–H and O–H groups in total. The number of hydrogen-bond acceptors (Lipinski definition) is 4. The number of hydrogen-bond donors (Lipinski definition) is 4. The zero-order chi connectivity index (χ0) is 11.4. The summed E-state index contributed by atoms with van der Waals surface area (Å²) >= 11 is 0. The lowest BCUT2D eigenvalue weighted by atomic mass is 10.2. The van der Waals surface area contributed by atoms with Gasteiger partial charge in [0.1, 0.15) is 0 Å². The molecule has 1 atom stereocenters. The first kappa shape index (κ1) is 11.2. The van der Waals surface area contributed by atoms with Crippen LogP contribution in [0.2, 0.25) is 0 Å². The number of nitrogens with zero attached hydrogens (tertiary/aromatic N) is 1. The molecule has 0 bridgehead atoms. The van der Waals surface area contributed by atoms with E-state index < -0.39 is 24.5 Å². The van der Waals surface area contributed by atoms with Crippen molar-refractivity contribution in [2.75, 3.05) is 6.61 Å². The summed E-state index contributed by atoms with van der Waals surface area (Å²) in [6.07, 6.45) is 1.29. The Morgan fingerprint density at radius 3 is 2.73 bits per heavy atom. The van der Waals surface area contributed by atoms with Gasteiger partial charge in [0.2, 0.25) is 0 Å². The second-order valence-electron chi connectivity index (χ2n) is 2.96. The molecular formula is C8H11N3O4. The third-order valence-corrected chi connectivity index (χ3v) is 1.86. The molecule has 15 heavy (non-hydrogen) atoms. The lowest BCUT2D eigenvalue weighted by Gasteiger charge is -2.10. The number of carboxylic acids is 1. The number of aromatic amines is 1. The minimum absolute atomic E-state index is 0.259. The SMILES string of the molecule is Cc1[nH]ncc1C(=O)N[C@H](CO)C(=O)O. The first-order valence-corrected chi connectivity index (χ1v) is 4.20. The van der Waals surface area contributed by atoms with E-state index in [1.54, 1.807) is 6.92 Å². The van der Waals surface area contributed by atoms with Gasteiger partial charge in [-0.2, -0.15) is 5.10 Å². The molecule has 0 radical (unpaired) electrons. The van der Waals surface area contributed by atoms with Gasteiger partial charge in [-0.1, -0.05) is 0 Å². The second-order valence-corrected chi connectivity index (χ2v) is 2.96. The van der Waals surface area contributed by atoms with Crippen molar-refractivity contribution in [3.63, 3.8) is 0 Å². The zero-order valence-electron chi connectivity index (χ0n) is 8.02. The molecule has 7 heteroatoms. The highest BCUT2D eigenvalue weighted by Crippen LogP contribution is 2.02. The Kier molecular flexibility index (Phi) is 3.40. The van der Waals surface area contributed by atoms with Gasteiger partial charge in [0, 0.05) is 5.69 Å². The van der Waals surface area contributed by atoms with E-state index in [1.807, 2.05) is 0 Å². The van der Waals surface area contributed by atoms with Gasteiger partial charge >= 0.3 is 5.97 Å². The molecule has 0 aromatic carbocycles. The molecule has 1 heterocycles. The maximum Gasteiger partial charge on any atom is 0.328 e. The Hall–Kier alpha value is -1.89. The van der Waals surface area contributed by atoms with Crippen molar-refractivity contribution in [2.45, 2.75) is 13.0 Å². The number of aromatic nitrogens is 2. The highest BCUT2D eigenvalue weighted by molar-refractivity contribution is 5.97. The van der Waals surface area contributed by atoms with E-state index in [9.17, 15) is 9.59 Å². The molecule has 1 aromatic rings. The number of aliphatic carboxylic acids is 1. The van der Waals surface area contributed by atoms with Crippen molar-refractivity contribution in [3.05, 3.63) is 17.5 Å². The maximum absolute atomic E-state index is 11.5. The number of amides is 1. The summed E-state index contributed by atoms with van der Waals surface area (Å²) in [5.74, 6) is -1.87.